The molecule has 0 aliphatic heterocycles. The fourth-order valence-electron chi connectivity index (χ4n) is 3.52. The summed E-state index contributed by atoms with van der Waals surface area (Å²) in [5.74, 6) is 0. The summed E-state index contributed by atoms with van der Waals surface area (Å²) in [6.07, 6.45) is 0. The van der Waals surface area contributed by atoms with Crippen molar-refractivity contribution in [3.63, 3.8) is 0 Å². The van der Waals surface area contributed by atoms with Gasteiger partial charge < -0.3 is 10.2 Å². The first kappa shape index (κ1) is 13.2. The highest BCUT2D eigenvalue weighted by molar-refractivity contribution is 6.19. The fourth-order valence-corrected chi connectivity index (χ4v) is 3.52. The average molecular weight is 309 g/mol. The van der Waals surface area contributed by atoms with Gasteiger partial charge in [0.05, 0.1) is 0 Å². The van der Waals surface area contributed by atoms with Crippen molar-refractivity contribution in [2.24, 2.45) is 0 Å². The molecule has 114 valence electrons. The van der Waals surface area contributed by atoms with Crippen molar-refractivity contribution in [2.45, 2.75) is 0 Å². The molecule has 2 nitrogen and oxygen atoms in total. The summed E-state index contributed by atoms with van der Waals surface area (Å²) >= 11 is 0. The third kappa shape index (κ3) is 1.77. The fraction of sp³-hybridized carbons (Fsp3) is 0. The molecule has 2 N–H and O–H groups in total. The van der Waals surface area contributed by atoms with Crippen LogP contribution in [-0.2, 0) is 0 Å². The Hall–Kier alpha value is -3.26. The van der Waals surface area contributed by atoms with E-state index in [1.165, 1.54) is 5.39 Å². The molecule has 5 rings (SSSR count). The van der Waals surface area contributed by atoms with Crippen LogP contribution in [0, 0.1) is 0 Å². The predicted molar refractivity (Wildman–Crippen MR) is 101 cm³/mol. The lowest BCUT2D eigenvalue weighted by Gasteiger charge is -2.07. The highest BCUT2D eigenvalue weighted by Crippen LogP contribution is 2.40. The van der Waals surface area contributed by atoms with E-state index in [1.807, 2.05) is 42.5 Å². The molecule has 4 aromatic carbocycles. The lowest BCUT2D eigenvalue weighted by Crippen LogP contribution is -1.89. The summed E-state index contributed by atoms with van der Waals surface area (Å²) < 4.78 is 6.23. The Balaban J connectivity index is 1.97. The van der Waals surface area contributed by atoms with E-state index >= 15 is 0 Å². The number of furan rings is 1. The van der Waals surface area contributed by atoms with Crippen molar-refractivity contribution < 1.29 is 4.42 Å². The lowest BCUT2D eigenvalue weighted by molar-refractivity contribution is 0.673. The zero-order valence-corrected chi connectivity index (χ0v) is 13.0. The number of anilines is 1. The first-order chi connectivity index (χ1) is 11.8. The second-order valence-electron chi connectivity index (χ2n) is 6.03. The summed E-state index contributed by atoms with van der Waals surface area (Å²) in [7, 11) is 0. The number of nitrogen functional groups attached to an aromatic ring is 1. The number of nitrogens with two attached hydrogens (primary N) is 1. The molecule has 0 saturated carbocycles. The molecular weight excluding hydrogens is 294 g/mol. The second kappa shape index (κ2) is 4.87. The monoisotopic (exact) mass is 309 g/mol. The molecule has 2 heteroatoms. The van der Waals surface area contributed by atoms with Gasteiger partial charge in [-0.15, -0.1) is 0 Å². The molecule has 0 bridgehead atoms. The first-order valence-electron chi connectivity index (χ1n) is 8.01. The van der Waals surface area contributed by atoms with Crippen LogP contribution < -0.4 is 5.73 Å². The standard InChI is InChI=1S/C22H15NO/c23-19-10-4-3-8-16(19)17-9-5-11-20-21(17)18-13-12-14-6-1-2-7-15(14)22(18)24-20/h1-13H,23H2. The molecule has 1 aromatic heterocycles. The highest BCUT2D eigenvalue weighted by Gasteiger charge is 2.15. The first-order valence-corrected chi connectivity index (χ1v) is 8.01. The average Bonchev–Trinajstić information content (AvgIpc) is 3.01. The minimum absolute atomic E-state index is 0.778. The molecule has 0 atom stereocenters. The summed E-state index contributed by atoms with van der Waals surface area (Å²) in [4.78, 5) is 0. The molecule has 0 spiro atoms. The van der Waals surface area contributed by atoms with E-state index in [0.717, 1.165) is 44.1 Å². The molecule has 0 radical (unpaired) electrons. The summed E-state index contributed by atoms with van der Waals surface area (Å²) in [6.45, 7) is 0. The van der Waals surface area contributed by atoms with Crippen molar-refractivity contribution in [1.29, 1.82) is 0 Å². The molecule has 0 amide bonds. The van der Waals surface area contributed by atoms with Gasteiger partial charge in [-0.3, -0.25) is 0 Å². The van der Waals surface area contributed by atoms with E-state index < -0.39 is 0 Å². The lowest BCUT2D eigenvalue weighted by atomic mass is 9.97. The minimum atomic E-state index is 0.778. The zero-order valence-electron chi connectivity index (χ0n) is 13.0. The highest BCUT2D eigenvalue weighted by atomic mass is 16.3. The molecular formula is C22H15NO. The van der Waals surface area contributed by atoms with E-state index in [9.17, 15) is 0 Å². The molecule has 0 aliphatic rings. The van der Waals surface area contributed by atoms with Crippen LogP contribution in [0.25, 0.3) is 43.8 Å². The third-order valence-electron chi connectivity index (χ3n) is 4.64. The maximum absolute atomic E-state index is 6.23. The van der Waals surface area contributed by atoms with E-state index in [0.29, 0.717) is 0 Å². The molecule has 0 aliphatic carbocycles. The zero-order chi connectivity index (χ0) is 16.1. The minimum Gasteiger partial charge on any atom is -0.455 e. The number of fused-ring (bicyclic) bond motifs is 5. The molecule has 0 unspecified atom stereocenters. The van der Waals surface area contributed by atoms with E-state index in [4.69, 9.17) is 10.2 Å². The SMILES string of the molecule is Nc1ccccc1-c1cccc2oc3c4ccccc4ccc3c12. The van der Waals surface area contributed by atoms with Gasteiger partial charge >= 0.3 is 0 Å². The molecule has 0 fully saturated rings. The number of hydrogen-bond donors (Lipinski definition) is 1. The van der Waals surface area contributed by atoms with Crippen LogP contribution in [0.4, 0.5) is 5.69 Å². The van der Waals surface area contributed by atoms with Gasteiger partial charge in [-0.05, 0) is 29.1 Å². The van der Waals surface area contributed by atoms with Gasteiger partial charge in [0, 0.05) is 27.4 Å². The maximum atomic E-state index is 6.23. The number of para-hydroxylation sites is 1. The number of hydrogen-bond acceptors (Lipinski definition) is 2. The Morgan fingerprint density at radius 3 is 2.33 bits per heavy atom. The Morgan fingerprint density at radius 1 is 0.625 bits per heavy atom. The number of rotatable bonds is 1. The largest absolute Gasteiger partial charge is 0.455 e. The van der Waals surface area contributed by atoms with Crippen LogP contribution in [0.15, 0.2) is 83.3 Å². The Kier molecular flexibility index (Phi) is 2.68. The Morgan fingerprint density at radius 2 is 1.42 bits per heavy atom. The quantitative estimate of drug-likeness (QED) is 0.386. The van der Waals surface area contributed by atoms with Crippen LogP contribution in [0.3, 0.4) is 0 Å². The molecule has 0 saturated heterocycles. The van der Waals surface area contributed by atoms with Crippen molar-refractivity contribution in [3.8, 4) is 11.1 Å². The van der Waals surface area contributed by atoms with Gasteiger partial charge in [-0.25, -0.2) is 0 Å². The normalized spacial score (nSPS) is 11.5. The topological polar surface area (TPSA) is 39.2 Å². The van der Waals surface area contributed by atoms with Crippen LogP contribution >= 0.6 is 0 Å². The van der Waals surface area contributed by atoms with Crippen LogP contribution in [0.1, 0.15) is 0 Å². The van der Waals surface area contributed by atoms with E-state index in [2.05, 4.69) is 36.4 Å². The second-order valence-corrected chi connectivity index (χ2v) is 6.03. The van der Waals surface area contributed by atoms with Crippen LogP contribution in [0.2, 0.25) is 0 Å². The summed E-state index contributed by atoms with van der Waals surface area (Å²) in [5, 5.41) is 4.57. The maximum Gasteiger partial charge on any atom is 0.143 e. The van der Waals surface area contributed by atoms with Crippen molar-refractivity contribution >= 4 is 38.4 Å². The molecule has 24 heavy (non-hydrogen) atoms. The summed E-state index contributed by atoms with van der Waals surface area (Å²) in [5.41, 5.74) is 11.0. The summed E-state index contributed by atoms with van der Waals surface area (Å²) in [6, 6.07) is 26.7. The molecule has 1 heterocycles. The van der Waals surface area contributed by atoms with Gasteiger partial charge in [-0.1, -0.05) is 60.7 Å². The van der Waals surface area contributed by atoms with Gasteiger partial charge in [0.25, 0.3) is 0 Å². The van der Waals surface area contributed by atoms with Gasteiger partial charge in [0.15, 0.2) is 0 Å². The van der Waals surface area contributed by atoms with Gasteiger partial charge in [-0.2, -0.15) is 0 Å². The van der Waals surface area contributed by atoms with Crippen molar-refractivity contribution in [2.75, 3.05) is 5.73 Å². The smallest absolute Gasteiger partial charge is 0.143 e. The number of benzene rings is 4. The van der Waals surface area contributed by atoms with Crippen molar-refractivity contribution in [3.05, 3.63) is 78.9 Å². The van der Waals surface area contributed by atoms with Crippen molar-refractivity contribution in [1.82, 2.24) is 0 Å². The van der Waals surface area contributed by atoms with Gasteiger partial charge in [0.2, 0.25) is 0 Å². The van der Waals surface area contributed by atoms with E-state index in [1.54, 1.807) is 0 Å². The molecule has 5 aromatic rings. The Bertz CT molecular complexity index is 1220. The Labute approximate surface area is 139 Å². The predicted octanol–water partition coefficient (Wildman–Crippen LogP) is 5.99. The van der Waals surface area contributed by atoms with Crippen LogP contribution in [0.5, 0.6) is 0 Å². The van der Waals surface area contributed by atoms with Crippen LogP contribution in [-0.4, -0.2) is 0 Å². The van der Waals surface area contributed by atoms with Gasteiger partial charge in [0.1, 0.15) is 11.2 Å². The third-order valence-corrected chi connectivity index (χ3v) is 4.64. The van der Waals surface area contributed by atoms with E-state index in [-0.39, 0.29) is 0 Å².